The Kier molecular flexibility index (Phi) is 5.51. The van der Waals surface area contributed by atoms with Gasteiger partial charge in [0.15, 0.2) is 5.78 Å². The smallest absolute Gasteiger partial charge is 0.247 e. The molecule has 0 radical (unpaired) electrons. The van der Waals surface area contributed by atoms with E-state index in [2.05, 4.69) is 21.6 Å². The Bertz CT molecular complexity index is 1040. The molecule has 0 saturated carbocycles. The summed E-state index contributed by atoms with van der Waals surface area (Å²) in [5.41, 5.74) is 5.65. The lowest BCUT2D eigenvalue weighted by molar-refractivity contribution is -0.116. The predicted molar refractivity (Wildman–Crippen MR) is 110 cm³/mol. The number of anilines is 1. The van der Waals surface area contributed by atoms with Gasteiger partial charge < -0.3 is 9.73 Å². The Morgan fingerprint density at radius 3 is 2.66 bits per heavy atom. The highest BCUT2D eigenvalue weighted by Crippen LogP contribution is 2.25. The van der Waals surface area contributed by atoms with Crippen LogP contribution in [0.1, 0.15) is 52.7 Å². The summed E-state index contributed by atoms with van der Waals surface area (Å²) in [5.74, 6) is 0.204. The van der Waals surface area contributed by atoms with Crippen LogP contribution in [0, 0.1) is 6.92 Å². The molecule has 2 aromatic carbocycles. The number of benzene rings is 2. The maximum Gasteiger partial charge on any atom is 0.247 e. The molecule has 4 rings (SSSR count). The molecule has 0 atom stereocenters. The van der Waals surface area contributed by atoms with E-state index in [0.717, 1.165) is 24.0 Å². The average Bonchev–Trinajstić information content (AvgIpc) is 3.28. The first kappa shape index (κ1) is 19.1. The van der Waals surface area contributed by atoms with Crippen molar-refractivity contribution < 1.29 is 14.0 Å². The Labute approximate surface area is 169 Å². The lowest BCUT2D eigenvalue weighted by Crippen LogP contribution is -2.14. The zero-order chi connectivity index (χ0) is 20.2. The van der Waals surface area contributed by atoms with E-state index in [1.807, 2.05) is 31.2 Å². The number of rotatable bonds is 6. The minimum Gasteiger partial charge on any atom is -0.423 e. The zero-order valence-corrected chi connectivity index (χ0v) is 16.4. The number of nitrogens with zero attached hydrogens (tertiary/aromatic N) is 2. The lowest BCUT2D eigenvalue weighted by Gasteiger charge is -2.16. The van der Waals surface area contributed by atoms with Gasteiger partial charge in [-0.25, -0.2) is 0 Å². The average molecular weight is 389 g/mol. The van der Waals surface area contributed by atoms with Crippen LogP contribution in [0.4, 0.5) is 5.69 Å². The normalized spacial score (nSPS) is 13.0. The van der Waals surface area contributed by atoms with Crippen LogP contribution >= 0.6 is 0 Å². The quantitative estimate of drug-likeness (QED) is 0.626. The zero-order valence-electron chi connectivity index (χ0n) is 16.4. The Morgan fingerprint density at radius 2 is 1.86 bits per heavy atom. The molecular formula is C23H23N3O3. The van der Waals surface area contributed by atoms with Gasteiger partial charge in [-0.05, 0) is 67.5 Å². The maximum absolute atomic E-state index is 12.6. The highest BCUT2D eigenvalue weighted by atomic mass is 16.4. The van der Waals surface area contributed by atoms with E-state index in [0.29, 0.717) is 17.1 Å². The van der Waals surface area contributed by atoms with Crippen molar-refractivity contribution in [2.75, 3.05) is 5.32 Å². The Morgan fingerprint density at radius 1 is 1.03 bits per heavy atom. The minimum atomic E-state index is -0.193. The molecule has 6 heteroatoms. The van der Waals surface area contributed by atoms with Crippen molar-refractivity contribution in [2.24, 2.45) is 0 Å². The highest BCUT2D eigenvalue weighted by Gasteiger charge is 2.15. The molecule has 1 aliphatic carbocycles. The van der Waals surface area contributed by atoms with Crippen LogP contribution in [0.25, 0.3) is 11.5 Å². The lowest BCUT2D eigenvalue weighted by atomic mass is 9.89. The summed E-state index contributed by atoms with van der Waals surface area (Å²) in [7, 11) is 0. The molecule has 0 unspecified atom stereocenters. The number of fused-ring (bicyclic) bond motifs is 1. The monoisotopic (exact) mass is 389 g/mol. The standard InChI is InChI=1S/C23H23N3O3/c1-15-6-7-19(23-26-24-14-29-23)13-20(15)25-22(28)11-10-21(27)18-9-8-16-4-2-3-5-17(16)12-18/h6-9,12-14H,2-5,10-11H2,1H3,(H,25,28). The summed E-state index contributed by atoms with van der Waals surface area (Å²) < 4.78 is 5.21. The van der Waals surface area contributed by atoms with E-state index in [9.17, 15) is 9.59 Å². The van der Waals surface area contributed by atoms with Crippen molar-refractivity contribution in [3.8, 4) is 11.5 Å². The number of nitrogens with one attached hydrogen (secondary N) is 1. The van der Waals surface area contributed by atoms with Gasteiger partial charge in [-0.3, -0.25) is 9.59 Å². The topological polar surface area (TPSA) is 85.1 Å². The van der Waals surface area contributed by atoms with Crippen LogP contribution < -0.4 is 5.32 Å². The third-order valence-electron chi connectivity index (χ3n) is 5.37. The molecule has 0 aliphatic heterocycles. The third kappa shape index (κ3) is 4.42. The SMILES string of the molecule is Cc1ccc(-c2nnco2)cc1NC(=O)CCC(=O)c1ccc2c(c1)CCCC2. The number of Topliss-reactive ketones (excluding diaryl/α,β-unsaturated/α-hetero) is 1. The summed E-state index contributed by atoms with van der Waals surface area (Å²) in [6, 6.07) is 11.5. The fourth-order valence-electron chi connectivity index (χ4n) is 3.68. The van der Waals surface area contributed by atoms with Gasteiger partial charge in [-0.1, -0.05) is 18.2 Å². The van der Waals surface area contributed by atoms with Gasteiger partial charge in [-0.2, -0.15) is 0 Å². The summed E-state index contributed by atoms with van der Waals surface area (Å²) >= 11 is 0. The Hall–Kier alpha value is -3.28. The van der Waals surface area contributed by atoms with Crippen LogP contribution in [-0.4, -0.2) is 21.9 Å². The van der Waals surface area contributed by atoms with Gasteiger partial charge in [0.1, 0.15) is 0 Å². The molecule has 29 heavy (non-hydrogen) atoms. The second-order valence-electron chi connectivity index (χ2n) is 7.44. The van der Waals surface area contributed by atoms with E-state index in [1.165, 1.54) is 30.4 Å². The number of amides is 1. The molecule has 3 aromatic rings. The molecule has 148 valence electrons. The van der Waals surface area contributed by atoms with Gasteiger partial charge in [0.2, 0.25) is 18.2 Å². The molecule has 1 aliphatic rings. The van der Waals surface area contributed by atoms with E-state index in [-0.39, 0.29) is 24.5 Å². The first-order valence-electron chi connectivity index (χ1n) is 9.92. The number of hydrogen-bond acceptors (Lipinski definition) is 5. The van der Waals surface area contributed by atoms with E-state index >= 15 is 0 Å². The van der Waals surface area contributed by atoms with Gasteiger partial charge in [0.05, 0.1) is 0 Å². The van der Waals surface area contributed by atoms with E-state index in [4.69, 9.17) is 4.42 Å². The molecule has 0 fully saturated rings. The summed E-state index contributed by atoms with van der Waals surface area (Å²) in [5, 5.41) is 10.4. The predicted octanol–water partition coefficient (Wildman–Crippen LogP) is 4.53. The summed E-state index contributed by atoms with van der Waals surface area (Å²) in [6.07, 6.45) is 6.11. The molecule has 1 aromatic heterocycles. The molecule has 1 amide bonds. The summed E-state index contributed by atoms with van der Waals surface area (Å²) in [6.45, 7) is 1.91. The molecule has 1 heterocycles. The summed E-state index contributed by atoms with van der Waals surface area (Å²) in [4.78, 5) is 25.0. The number of carbonyl (C=O) groups excluding carboxylic acids is 2. The number of aromatic nitrogens is 2. The molecule has 0 saturated heterocycles. The van der Waals surface area contributed by atoms with E-state index in [1.54, 1.807) is 6.07 Å². The van der Waals surface area contributed by atoms with Crippen LogP contribution in [0.2, 0.25) is 0 Å². The second kappa shape index (κ2) is 8.39. The minimum absolute atomic E-state index is 0.00450. The first-order valence-corrected chi connectivity index (χ1v) is 9.92. The fraction of sp³-hybridized carbons (Fsp3) is 0.304. The van der Waals surface area contributed by atoms with Crippen LogP contribution in [0.3, 0.4) is 0 Å². The van der Waals surface area contributed by atoms with Gasteiger partial charge in [0.25, 0.3) is 0 Å². The first-order chi connectivity index (χ1) is 14.1. The molecule has 1 N–H and O–H groups in total. The molecule has 6 nitrogen and oxygen atoms in total. The molecule has 0 bridgehead atoms. The van der Waals surface area contributed by atoms with Crippen LogP contribution in [-0.2, 0) is 17.6 Å². The van der Waals surface area contributed by atoms with Crippen molar-refractivity contribution >= 4 is 17.4 Å². The second-order valence-corrected chi connectivity index (χ2v) is 7.44. The van der Waals surface area contributed by atoms with Crippen molar-refractivity contribution in [3.63, 3.8) is 0 Å². The third-order valence-corrected chi connectivity index (χ3v) is 5.37. The largest absolute Gasteiger partial charge is 0.423 e. The fourth-order valence-corrected chi connectivity index (χ4v) is 3.68. The van der Waals surface area contributed by atoms with Crippen molar-refractivity contribution in [1.29, 1.82) is 0 Å². The van der Waals surface area contributed by atoms with E-state index < -0.39 is 0 Å². The number of aryl methyl sites for hydroxylation is 3. The number of hydrogen-bond donors (Lipinski definition) is 1. The maximum atomic E-state index is 12.6. The number of ketones is 1. The van der Waals surface area contributed by atoms with Gasteiger partial charge >= 0.3 is 0 Å². The molecule has 0 spiro atoms. The van der Waals surface area contributed by atoms with Gasteiger partial charge in [0, 0.05) is 29.7 Å². The Balaban J connectivity index is 1.38. The number of carbonyl (C=O) groups is 2. The van der Waals surface area contributed by atoms with Crippen molar-refractivity contribution in [2.45, 2.75) is 45.4 Å². The van der Waals surface area contributed by atoms with Crippen molar-refractivity contribution in [3.05, 3.63) is 65.0 Å². The van der Waals surface area contributed by atoms with Crippen molar-refractivity contribution in [1.82, 2.24) is 10.2 Å². The highest BCUT2D eigenvalue weighted by molar-refractivity contribution is 6.00. The molecular weight excluding hydrogens is 366 g/mol. The van der Waals surface area contributed by atoms with Crippen LogP contribution in [0.15, 0.2) is 47.2 Å². The van der Waals surface area contributed by atoms with Gasteiger partial charge in [-0.15, -0.1) is 10.2 Å². The van der Waals surface area contributed by atoms with Crippen LogP contribution in [0.5, 0.6) is 0 Å².